The van der Waals surface area contributed by atoms with Crippen molar-refractivity contribution in [2.75, 3.05) is 0 Å². The smallest absolute Gasteiger partial charge is 0.160 e. The van der Waals surface area contributed by atoms with Crippen LogP contribution in [0.1, 0.15) is 29.8 Å². The van der Waals surface area contributed by atoms with Crippen LogP contribution in [0, 0.1) is 0 Å². The molecule has 1 heteroatoms. The highest BCUT2D eigenvalue weighted by atomic mass is 16.1. The van der Waals surface area contributed by atoms with E-state index < -0.39 is 0 Å². The molecule has 0 amide bonds. The summed E-state index contributed by atoms with van der Waals surface area (Å²) in [5, 5.41) is 0. The van der Waals surface area contributed by atoms with Gasteiger partial charge in [-0.25, -0.2) is 0 Å². The molecule has 0 fully saturated rings. The number of Topliss-reactive ketones (excluding diaryl/α,β-unsaturated/α-hetero) is 1. The van der Waals surface area contributed by atoms with E-state index in [1.807, 2.05) is 30.3 Å². The van der Waals surface area contributed by atoms with Crippen LogP contribution in [0.15, 0.2) is 48.5 Å². The number of rotatable bonds is 3. The average molecular weight is 224 g/mol. The third-order valence-corrected chi connectivity index (χ3v) is 2.95. The molecule has 0 saturated carbocycles. The van der Waals surface area contributed by atoms with Gasteiger partial charge in [-0.15, -0.1) is 0 Å². The van der Waals surface area contributed by atoms with Crippen molar-refractivity contribution in [3.63, 3.8) is 0 Å². The summed E-state index contributed by atoms with van der Waals surface area (Å²) < 4.78 is 0. The first kappa shape index (κ1) is 11.6. The van der Waals surface area contributed by atoms with Crippen LogP contribution in [0.5, 0.6) is 0 Å². The van der Waals surface area contributed by atoms with Crippen molar-refractivity contribution in [1.29, 1.82) is 0 Å². The summed E-state index contributed by atoms with van der Waals surface area (Å²) in [4.78, 5) is 11.6. The molecule has 0 unspecified atom stereocenters. The van der Waals surface area contributed by atoms with E-state index in [0.29, 0.717) is 0 Å². The van der Waals surface area contributed by atoms with Crippen molar-refractivity contribution in [2.45, 2.75) is 20.3 Å². The lowest BCUT2D eigenvalue weighted by Crippen LogP contribution is -1.95. The normalized spacial score (nSPS) is 10.2. The summed E-state index contributed by atoms with van der Waals surface area (Å²) >= 11 is 0. The van der Waals surface area contributed by atoms with Gasteiger partial charge in [0.25, 0.3) is 0 Å². The van der Waals surface area contributed by atoms with Crippen molar-refractivity contribution in [1.82, 2.24) is 0 Å². The molecule has 0 spiro atoms. The highest BCUT2D eigenvalue weighted by Gasteiger charge is 2.08. The van der Waals surface area contributed by atoms with Gasteiger partial charge in [0.2, 0.25) is 0 Å². The fourth-order valence-electron chi connectivity index (χ4n) is 2.00. The highest BCUT2D eigenvalue weighted by Crippen LogP contribution is 2.25. The van der Waals surface area contributed by atoms with Gasteiger partial charge in [-0.3, -0.25) is 4.79 Å². The molecule has 0 bridgehead atoms. The first-order valence-corrected chi connectivity index (χ1v) is 5.91. The van der Waals surface area contributed by atoms with Crippen LogP contribution < -0.4 is 0 Å². The highest BCUT2D eigenvalue weighted by molar-refractivity contribution is 6.00. The van der Waals surface area contributed by atoms with E-state index in [1.165, 1.54) is 5.56 Å². The molecule has 0 saturated heterocycles. The van der Waals surface area contributed by atoms with E-state index in [9.17, 15) is 4.79 Å². The Bertz CT molecular complexity index is 541. The molecule has 0 N–H and O–H groups in total. The van der Waals surface area contributed by atoms with Crippen molar-refractivity contribution in [3.8, 4) is 11.1 Å². The Morgan fingerprint density at radius 1 is 1.06 bits per heavy atom. The lowest BCUT2D eigenvalue weighted by atomic mass is 9.96. The fourth-order valence-corrected chi connectivity index (χ4v) is 2.00. The Labute approximate surface area is 102 Å². The summed E-state index contributed by atoms with van der Waals surface area (Å²) in [5.74, 6) is 0.113. The van der Waals surface area contributed by atoms with Gasteiger partial charge in [0.15, 0.2) is 5.78 Å². The molecular formula is C16H16O. The van der Waals surface area contributed by atoms with Crippen LogP contribution in [0.3, 0.4) is 0 Å². The Kier molecular flexibility index (Phi) is 3.38. The summed E-state index contributed by atoms with van der Waals surface area (Å²) in [6.45, 7) is 3.75. The zero-order chi connectivity index (χ0) is 12.3. The average Bonchev–Trinajstić information content (AvgIpc) is 2.39. The molecule has 86 valence electrons. The molecule has 2 aromatic carbocycles. The van der Waals surface area contributed by atoms with Gasteiger partial charge in [-0.05, 0) is 30.0 Å². The third kappa shape index (κ3) is 2.44. The van der Waals surface area contributed by atoms with E-state index in [-0.39, 0.29) is 5.78 Å². The number of ketones is 1. The minimum Gasteiger partial charge on any atom is -0.294 e. The van der Waals surface area contributed by atoms with Crippen molar-refractivity contribution < 1.29 is 4.79 Å². The number of carbonyl (C=O) groups is 1. The topological polar surface area (TPSA) is 17.1 Å². The Hall–Kier alpha value is -1.89. The lowest BCUT2D eigenvalue weighted by Gasteiger charge is -2.08. The zero-order valence-electron chi connectivity index (χ0n) is 10.2. The van der Waals surface area contributed by atoms with Crippen LogP contribution in [-0.2, 0) is 6.42 Å². The van der Waals surface area contributed by atoms with Crippen molar-refractivity contribution in [3.05, 3.63) is 59.7 Å². The molecule has 0 aliphatic rings. The molecule has 0 aliphatic heterocycles. The number of aryl methyl sites for hydroxylation is 1. The molecule has 0 aromatic heterocycles. The van der Waals surface area contributed by atoms with Gasteiger partial charge in [0.1, 0.15) is 0 Å². The fraction of sp³-hybridized carbons (Fsp3) is 0.188. The van der Waals surface area contributed by atoms with Gasteiger partial charge >= 0.3 is 0 Å². The van der Waals surface area contributed by atoms with E-state index >= 15 is 0 Å². The minimum atomic E-state index is 0.113. The molecule has 1 nitrogen and oxygen atoms in total. The largest absolute Gasteiger partial charge is 0.294 e. The van der Waals surface area contributed by atoms with E-state index in [2.05, 4.69) is 25.1 Å². The predicted molar refractivity (Wildman–Crippen MR) is 71.3 cm³/mol. The van der Waals surface area contributed by atoms with Crippen LogP contribution in [-0.4, -0.2) is 5.78 Å². The number of hydrogen-bond acceptors (Lipinski definition) is 1. The van der Waals surface area contributed by atoms with Gasteiger partial charge < -0.3 is 0 Å². The Morgan fingerprint density at radius 2 is 1.82 bits per heavy atom. The molecule has 2 rings (SSSR count). The maximum absolute atomic E-state index is 11.6. The molecular weight excluding hydrogens is 208 g/mol. The van der Waals surface area contributed by atoms with Crippen molar-refractivity contribution >= 4 is 5.78 Å². The van der Waals surface area contributed by atoms with E-state index in [4.69, 9.17) is 0 Å². The summed E-state index contributed by atoms with van der Waals surface area (Å²) in [5.41, 5.74) is 4.23. The molecule has 0 atom stereocenters. The number of carbonyl (C=O) groups excluding carboxylic acids is 1. The van der Waals surface area contributed by atoms with E-state index in [0.717, 1.165) is 23.1 Å². The van der Waals surface area contributed by atoms with E-state index in [1.54, 1.807) is 6.92 Å². The molecule has 17 heavy (non-hydrogen) atoms. The lowest BCUT2D eigenvalue weighted by molar-refractivity contribution is 0.101. The van der Waals surface area contributed by atoms with Gasteiger partial charge in [0.05, 0.1) is 0 Å². The standard InChI is InChI=1S/C16H16O/c1-3-13-7-6-8-14(11-13)16-10-5-4-9-15(16)12(2)17/h4-11H,3H2,1-2H3. The van der Waals surface area contributed by atoms with Crippen molar-refractivity contribution in [2.24, 2.45) is 0 Å². The predicted octanol–water partition coefficient (Wildman–Crippen LogP) is 4.12. The molecule has 0 heterocycles. The van der Waals surface area contributed by atoms with Crippen LogP contribution in [0.2, 0.25) is 0 Å². The van der Waals surface area contributed by atoms with Gasteiger partial charge in [-0.1, -0.05) is 55.5 Å². The summed E-state index contributed by atoms with van der Waals surface area (Å²) in [6, 6.07) is 16.1. The second-order valence-electron chi connectivity index (χ2n) is 4.16. The summed E-state index contributed by atoms with van der Waals surface area (Å²) in [6.07, 6.45) is 1.01. The monoisotopic (exact) mass is 224 g/mol. The second kappa shape index (κ2) is 4.96. The van der Waals surface area contributed by atoms with Crippen LogP contribution in [0.4, 0.5) is 0 Å². The SMILES string of the molecule is CCc1cccc(-c2ccccc2C(C)=O)c1. The molecule has 0 radical (unpaired) electrons. The number of hydrogen-bond donors (Lipinski definition) is 0. The van der Waals surface area contributed by atoms with Crippen LogP contribution in [0.25, 0.3) is 11.1 Å². The Morgan fingerprint density at radius 3 is 2.53 bits per heavy atom. The molecule has 2 aromatic rings. The maximum atomic E-state index is 11.6. The van der Waals surface area contributed by atoms with Gasteiger partial charge in [0, 0.05) is 5.56 Å². The first-order valence-electron chi connectivity index (χ1n) is 5.91. The minimum absolute atomic E-state index is 0.113. The maximum Gasteiger partial charge on any atom is 0.160 e. The zero-order valence-corrected chi connectivity index (χ0v) is 10.2. The third-order valence-electron chi connectivity index (χ3n) is 2.95. The molecule has 0 aliphatic carbocycles. The van der Waals surface area contributed by atoms with Gasteiger partial charge in [-0.2, -0.15) is 0 Å². The Balaban J connectivity index is 2.56. The summed E-state index contributed by atoms with van der Waals surface area (Å²) in [7, 11) is 0. The number of benzene rings is 2. The second-order valence-corrected chi connectivity index (χ2v) is 4.16. The first-order chi connectivity index (χ1) is 8.22. The van der Waals surface area contributed by atoms with Crippen LogP contribution >= 0.6 is 0 Å². The quantitative estimate of drug-likeness (QED) is 0.717.